The quantitative estimate of drug-likeness (QED) is 0.432. The van der Waals surface area contributed by atoms with Crippen molar-refractivity contribution in [3.05, 3.63) is 23.5 Å². The Labute approximate surface area is 96.4 Å². The summed E-state index contributed by atoms with van der Waals surface area (Å²) in [6, 6.07) is 1.92. The first kappa shape index (κ1) is 12.4. The number of esters is 1. The van der Waals surface area contributed by atoms with Gasteiger partial charge in [0.05, 0.1) is 6.61 Å². The molecular formula is C13H17NO2. The third kappa shape index (κ3) is 2.90. The van der Waals surface area contributed by atoms with Crippen LogP contribution in [-0.2, 0) is 11.3 Å². The van der Waals surface area contributed by atoms with Crippen LogP contribution in [0.3, 0.4) is 0 Å². The number of unbranched alkanes of at least 4 members (excludes halogenated alkanes) is 1. The van der Waals surface area contributed by atoms with Gasteiger partial charge in [0, 0.05) is 19.2 Å². The fourth-order valence-corrected chi connectivity index (χ4v) is 1.60. The molecule has 86 valence electrons. The van der Waals surface area contributed by atoms with Gasteiger partial charge < -0.3 is 9.30 Å². The van der Waals surface area contributed by atoms with Crippen LogP contribution >= 0.6 is 0 Å². The van der Waals surface area contributed by atoms with E-state index >= 15 is 0 Å². The number of aromatic nitrogens is 1. The number of hydrogen-bond donors (Lipinski definition) is 0. The summed E-state index contributed by atoms with van der Waals surface area (Å²) in [6.07, 6.45) is 8.69. The third-order valence-corrected chi connectivity index (χ3v) is 2.35. The van der Waals surface area contributed by atoms with Crippen molar-refractivity contribution < 1.29 is 9.53 Å². The summed E-state index contributed by atoms with van der Waals surface area (Å²) < 4.78 is 6.92. The number of carbonyl (C=O) groups is 1. The summed E-state index contributed by atoms with van der Waals surface area (Å²) in [7, 11) is 0. The predicted octanol–water partition coefficient (Wildman–Crippen LogP) is 2.39. The second kappa shape index (κ2) is 6.02. The molecule has 0 spiro atoms. The molecule has 0 N–H and O–H groups in total. The maximum absolute atomic E-state index is 11.7. The van der Waals surface area contributed by atoms with Gasteiger partial charge in [-0.2, -0.15) is 0 Å². The molecule has 0 unspecified atom stereocenters. The first-order chi connectivity index (χ1) is 7.70. The Hall–Kier alpha value is -1.69. The minimum atomic E-state index is -0.259. The fraction of sp³-hybridized carbons (Fsp3) is 0.462. The molecule has 0 aromatic carbocycles. The van der Waals surface area contributed by atoms with Gasteiger partial charge in [0.1, 0.15) is 5.69 Å². The second-order valence-electron chi connectivity index (χ2n) is 3.57. The Balaban J connectivity index is 2.78. The molecule has 0 fully saturated rings. The highest BCUT2D eigenvalue weighted by Gasteiger charge is 2.15. The smallest absolute Gasteiger partial charge is 0.355 e. The SMILES string of the molecule is C#CCCCn1ccc(C)c1C(=O)OCC. The highest BCUT2D eigenvalue weighted by atomic mass is 16.5. The first-order valence-corrected chi connectivity index (χ1v) is 5.47. The molecule has 1 rings (SSSR count). The van der Waals surface area contributed by atoms with E-state index in [1.165, 1.54) is 0 Å². The molecule has 0 radical (unpaired) electrons. The minimum absolute atomic E-state index is 0.259. The Kier molecular flexibility index (Phi) is 4.65. The normalized spacial score (nSPS) is 9.81. The van der Waals surface area contributed by atoms with E-state index in [1.54, 1.807) is 6.92 Å². The Morgan fingerprint density at radius 1 is 1.62 bits per heavy atom. The molecule has 1 heterocycles. The summed E-state index contributed by atoms with van der Waals surface area (Å²) in [5.74, 6) is 2.33. The maximum atomic E-state index is 11.7. The van der Waals surface area contributed by atoms with Crippen LogP contribution in [0.25, 0.3) is 0 Å². The average Bonchev–Trinajstić information content (AvgIpc) is 2.61. The number of aryl methyl sites for hydroxylation is 2. The monoisotopic (exact) mass is 219 g/mol. The molecule has 0 saturated heterocycles. The van der Waals surface area contributed by atoms with E-state index in [1.807, 2.05) is 23.8 Å². The Morgan fingerprint density at radius 2 is 2.38 bits per heavy atom. The highest BCUT2D eigenvalue weighted by molar-refractivity contribution is 5.89. The van der Waals surface area contributed by atoms with Gasteiger partial charge in [-0.1, -0.05) is 0 Å². The van der Waals surface area contributed by atoms with Gasteiger partial charge in [-0.25, -0.2) is 4.79 Å². The number of hydrogen-bond acceptors (Lipinski definition) is 2. The van der Waals surface area contributed by atoms with Crippen molar-refractivity contribution in [2.45, 2.75) is 33.2 Å². The Morgan fingerprint density at radius 3 is 3.00 bits per heavy atom. The summed E-state index contributed by atoms with van der Waals surface area (Å²) in [4.78, 5) is 11.7. The van der Waals surface area contributed by atoms with Crippen molar-refractivity contribution in [3.8, 4) is 12.3 Å². The minimum Gasteiger partial charge on any atom is -0.461 e. The first-order valence-electron chi connectivity index (χ1n) is 5.47. The second-order valence-corrected chi connectivity index (χ2v) is 3.57. The van der Waals surface area contributed by atoms with Gasteiger partial charge in [0.2, 0.25) is 0 Å². The standard InChI is InChI=1S/C13H17NO2/c1-4-6-7-9-14-10-8-11(3)12(14)13(15)16-5-2/h1,8,10H,5-7,9H2,2-3H3. The molecule has 0 atom stereocenters. The zero-order valence-electron chi connectivity index (χ0n) is 9.82. The molecule has 0 aliphatic carbocycles. The van der Waals surface area contributed by atoms with Gasteiger partial charge in [-0.15, -0.1) is 12.3 Å². The summed E-state index contributed by atoms with van der Waals surface area (Å²) in [5, 5.41) is 0. The van der Waals surface area contributed by atoms with Crippen LogP contribution in [0.2, 0.25) is 0 Å². The summed E-state index contributed by atoms with van der Waals surface area (Å²) >= 11 is 0. The van der Waals surface area contributed by atoms with Gasteiger partial charge in [-0.3, -0.25) is 0 Å². The number of carbonyl (C=O) groups excluding carboxylic acids is 1. The van der Waals surface area contributed by atoms with Crippen LogP contribution < -0.4 is 0 Å². The number of nitrogens with zero attached hydrogens (tertiary/aromatic N) is 1. The van der Waals surface area contributed by atoms with Crippen LogP contribution in [-0.4, -0.2) is 17.1 Å². The lowest BCUT2D eigenvalue weighted by atomic mass is 10.2. The van der Waals surface area contributed by atoms with Crippen LogP contribution in [0.4, 0.5) is 0 Å². The number of terminal acetylenes is 1. The molecule has 0 bridgehead atoms. The van der Waals surface area contributed by atoms with E-state index < -0.39 is 0 Å². The van der Waals surface area contributed by atoms with Crippen molar-refractivity contribution in [1.29, 1.82) is 0 Å². The van der Waals surface area contributed by atoms with Crippen LogP contribution in [0.15, 0.2) is 12.3 Å². The molecule has 0 saturated carbocycles. The van der Waals surface area contributed by atoms with E-state index in [9.17, 15) is 4.79 Å². The largest absolute Gasteiger partial charge is 0.461 e. The average molecular weight is 219 g/mol. The molecule has 0 aliphatic rings. The van der Waals surface area contributed by atoms with Crippen LogP contribution in [0.1, 0.15) is 35.8 Å². The zero-order chi connectivity index (χ0) is 12.0. The summed E-state index contributed by atoms with van der Waals surface area (Å²) in [6.45, 7) is 4.86. The lowest BCUT2D eigenvalue weighted by molar-refractivity contribution is 0.0512. The molecule has 16 heavy (non-hydrogen) atoms. The molecule has 3 nitrogen and oxygen atoms in total. The third-order valence-electron chi connectivity index (χ3n) is 2.35. The fourth-order valence-electron chi connectivity index (χ4n) is 1.60. The van der Waals surface area contributed by atoms with Crippen molar-refractivity contribution in [1.82, 2.24) is 4.57 Å². The van der Waals surface area contributed by atoms with E-state index in [4.69, 9.17) is 11.2 Å². The number of ether oxygens (including phenoxy) is 1. The van der Waals surface area contributed by atoms with E-state index in [-0.39, 0.29) is 5.97 Å². The van der Waals surface area contributed by atoms with Crippen LogP contribution in [0.5, 0.6) is 0 Å². The maximum Gasteiger partial charge on any atom is 0.355 e. The van der Waals surface area contributed by atoms with Crippen molar-refractivity contribution in [2.75, 3.05) is 6.61 Å². The topological polar surface area (TPSA) is 31.2 Å². The van der Waals surface area contributed by atoms with Gasteiger partial charge in [-0.05, 0) is 31.9 Å². The lowest BCUT2D eigenvalue weighted by Crippen LogP contribution is -2.13. The summed E-state index contributed by atoms with van der Waals surface area (Å²) in [5.41, 5.74) is 1.58. The van der Waals surface area contributed by atoms with Crippen LogP contribution in [0, 0.1) is 19.3 Å². The number of rotatable bonds is 5. The van der Waals surface area contributed by atoms with Gasteiger partial charge >= 0.3 is 5.97 Å². The highest BCUT2D eigenvalue weighted by Crippen LogP contribution is 2.12. The Bertz CT molecular complexity index is 399. The molecular weight excluding hydrogens is 202 g/mol. The van der Waals surface area contributed by atoms with Gasteiger partial charge in [0.25, 0.3) is 0 Å². The zero-order valence-corrected chi connectivity index (χ0v) is 9.82. The van der Waals surface area contributed by atoms with Crippen molar-refractivity contribution in [2.24, 2.45) is 0 Å². The van der Waals surface area contributed by atoms with Crippen molar-refractivity contribution in [3.63, 3.8) is 0 Å². The van der Waals surface area contributed by atoms with E-state index in [0.717, 1.165) is 24.9 Å². The molecule has 0 amide bonds. The molecule has 1 aromatic heterocycles. The van der Waals surface area contributed by atoms with E-state index in [2.05, 4.69) is 5.92 Å². The predicted molar refractivity (Wildman–Crippen MR) is 63.2 cm³/mol. The molecule has 1 aromatic rings. The van der Waals surface area contributed by atoms with E-state index in [0.29, 0.717) is 12.3 Å². The van der Waals surface area contributed by atoms with Crippen molar-refractivity contribution >= 4 is 5.97 Å². The lowest BCUT2D eigenvalue weighted by Gasteiger charge is -2.08. The van der Waals surface area contributed by atoms with Gasteiger partial charge in [0.15, 0.2) is 0 Å². The molecule has 0 aliphatic heterocycles. The molecule has 3 heteroatoms.